The second-order valence-corrected chi connectivity index (χ2v) is 13.2. The van der Waals surface area contributed by atoms with Gasteiger partial charge < -0.3 is 10.1 Å². The van der Waals surface area contributed by atoms with E-state index in [0.29, 0.717) is 24.4 Å². The van der Waals surface area contributed by atoms with E-state index >= 15 is 0 Å². The van der Waals surface area contributed by atoms with E-state index in [0.717, 1.165) is 23.3 Å². The summed E-state index contributed by atoms with van der Waals surface area (Å²) < 4.78 is 34.1. The molecule has 0 spiro atoms. The number of anilines is 1. The maximum absolute atomic E-state index is 13.6. The average molecular weight is 495 g/mol. The Kier molecular flexibility index (Phi) is 5.40. The van der Waals surface area contributed by atoms with Crippen molar-refractivity contribution >= 4 is 21.6 Å². The Morgan fingerprint density at radius 1 is 1.06 bits per heavy atom. The summed E-state index contributed by atoms with van der Waals surface area (Å²) in [5, 5.41) is 3.26. The molecule has 7 rings (SSSR count). The zero-order valence-corrected chi connectivity index (χ0v) is 21.3. The minimum Gasteiger partial charge on any atom is -0.496 e. The Labute approximate surface area is 208 Å². The van der Waals surface area contributed by atoms with E-state index in [1.807, 2.05) is 24.3 Å². The molecule has 0 radical (unpaired) electrons. The van der Waals surface area contributed by atoms with Crippen molar-refractivity contribution in [1.82, 2.24) is 5.32 Å². The van der Waals surface area contributed by atoms with Crippen LogP contribution in [0.25, 0.3) is 0 Å². The number of fused-ring (bicyclic) bond motifs is 1. The lowest BCUT2D eigenvalue weighted by Crippen LogP contribution is -2.55. The van der Waals surface area contributed by atoms with E-state index in [-0.39, 0.29) is 27.8 Å². The Morgan fingerprint density at radius 2 is 1.71 bits per heavy atom. The third-order valence-electron chi connectivity index (χ3n) is 9.20. The largest absolute Gasteiger partial charge is 0.496 e. The van der Waals surface area contributed by atoms with Gasteiger partial charge in [0.25, 0.3) is 15.9 Å². The summed E-state index contributed by atoms with van der Waals surface area (Å²) in [6.45, 7) is 2.54. The molecule has 1 heterocycles. The zero-order valence-electron chi connectivity index (χ0n) is 20.5. The fourth-order valence-electron chi connectivity index (χ4n) is 7.85. The fourth-order valence-corrected chi connectivity index (χ4v) is 9.38. The lowest BCUT2D eigenvalue weighted by Gasteiger charge is -2.59. The Morgan fingerprint density at radius 3 is 2.37 bits per heavy atom. The van der Waals surface area contributed by atoms with Crippen molar-refractivity contribution in [1.29, 1.82) is 0 Å². The molecule has 1 amide bonds. The molecule has 0 saturated heterocycles. The number of hydrogen-bond donors (Lipinski definition) is 1. The summed E-state index contributed by atoms with van der Waals surface area (Å²) in [4.78, 5) is 13.6. The number of sulfonamides is 1. The summed E-state index contributed by atoms with van der Waals surface area (Å²) in [6.07, 6.45) is 8.33. The minimum atomic E-state index is -3.80. The normalized spacial score (nSPS) is 29.7. The topological polar surface area (TPSA) is 75.7 Å². The molecule has 4 bridgehead atoms. The molecule has 4 aliphatic carbocycles. The standard InChI is InChI=1S/C28H34N2O4S/c1-18(28-15-19-11-20(16-28)13-21(12-19)17-28)29-27(31)24-14-23(7-8-26(24)34-2)35(32,33)30-10-9-22-5-3-4-6-25(22)30/h3-8,14,18-21H,9-13,15-17H2,1-2H3,(H,29,31). The number of carbonyl (C=O) groups excluding carboxylic acids is 1. The smallest absolute Gasteiger partial charge is 0.264 e. The number of hydrogen-bond acceptors (Lipinski definition) is 4. The van der Waals surface area contributed by atoms with Crippen LogP contribution in [0, 0.1) is 23.2 Å². The second kappa shape index (κ2) is 8.26. The van der Waals surface area contributed by atoms with Gasteiger partial charge in [-0.05, 0) is 105 Å². The maximum Gasteiger partial charge on any atom is 0.264 e. The van der Waals surface area contributed by atoms with Gasteiger partial charge in [-0.3, -0.25) is 9.10 Å². The second-order valence-electron chi connectivity index (χ2n) is 11.3. The van der Waals surface area contributed by atoms with Crippen molar-refractivity contribution in [2.24, 2.45) is 23.2 Å². The SMILES string of the molecule is COc1ccc(S(=O)(=O)N2CCc3ccccc32)cc1C(=O)NC(C)C12CC3CC(CC(C3)C1)C2. The van der Waals surface area contributed by atoms with Crippen LogP contribution in [0.1, 0.15) is 61.4 Å². The highest BCUT2D eigenvalue weighted by molar-refractivity contribution is 7.92. The highest BCUT2D eigenvalue weighted by atomic mass is 32.2. The van der Waals surface area contributed by atoms with Gasteiger partial charge in [-0.2, -0.15) is 0 Å². The van der Waals surface area contributed by atoms with Gasteiger partial charge >= 0.3 is 0 Å². The Balaban J connectivity index is 1.27. The van der Waals surface area contributed by atoms with Crippen LogP contribution >= 0.6 is 0 Å². The molecule has 1 aliphatic heterocycles. The molecule has 2 aromatic rings. The van der Waals surface area contributed by atoms with Crippen LogP contribution in [-0.2, 0) is 16.4 Å². The van der Waals surface area contributed by atoms with Crippen molar-refractivity contribution in [2.75, 3.05) is 18.0 Å². The van der Waals surface area contributed by atoms with Crippen LogP contribution in [0.5, 0.6) is 5.75 Å². The zero-order chi connectivity index (χ0) is 24.4. The van der Waals surface area contributed by atoms with Crippen molar-refractivity contribution in [2.45, 2.75) is 62.8 Å². The highest BCUT2D eigenvalue weighted by Crippen LogP contribution is 2.61. The molecule has 6 nitrogen and oxygen atoms in total. The van der Waals surface area contributed by atoms with Gasteiger partial charge in [0.15, 0.2) is 0 Å². The van der Waals surface area contributed by atoms with E-state index < -0.39 is 10.0 Å². The predicted octanol–water partition coefficient (Wildman–Crippen LogP) is 4.78. The first-order valence-electron chi connectivity index (χ1n) is 12.9. The van der Waals surface area contributed by atoms with E-state index in [4.69, 9.17) is 4.74 Å². The minimum absolute atomic E-state index is 0.0406. The predicted molar refractivity (Wildman–Crippen MR) is 135 cm³/mol. The lowest BCUT2D eigenvalue weighted by atomic mass is 9.48. The van der Waals surface area contributed by atoms with Crippen LogP contribution in [0.4, 0.5) is 5.69 Å². The molecular weight excluding hydrogens is 460 g/mol. The molecule has 4 fully saturated rings. The van der Waals surface area contributed by atoms with Gasteiger partial charge in [0, 0.05) is 12.6 Å². The van der Waals surface area contributed by atoms with Crippen LogP contribution in [0.15, 0.2) is 47.4 Å². The van der Waals surface area contributed by atoms with Crippen LogP contribution in [0.2, 0.25) is 0 Å². The van der Waals surface area contributed by atoms with Crippen LogP contribution in [-0.4, -0.2) is 34.0 Å². The summed E-state index contributed by atoms with van der Waals surface area (Å²) in [7, 11) is -2.29. The molecule has 2 aromatic carbocycles. The average Bonchev–Trinajstić information content (AvgIpc) is 3.28. The molecule has 5 aliphatic rings. The van der Waals surface area contributed by atoms with Crippen LogP contribution < -0.4 is 14.4 Å². The molecule has 0 aromatic heterocycles. The molecule has 35 heavy (non-hydrogen) atoms. The number of para-hydroxylation sites is 1. The molecule has 4 saturated carbocycles. The van der Waals surface area contributed by atoms with Gasteiger partial charge in [-0.15, -0.1) is 0 Å². The monoisotopic (exact) mass is 494 g/mol. The number of benzene rings is 2. The number of amides is 1. The third-order valence-corrected chi connectivity index (χ3v) is 11.0. The van der Waals surface area contributed by atoms with Gasteiger partial charge in [-0.1, -0.05) is 18.2 Å². The molecule has 1 atom stereocenters. The number of nitrogens with zero attached hydrogens (tertiary/aromatic N) is 1. The van der Waals surface area contributed by atoms with Gasteiger partial charge in [-0.25, -0.2) is 8.42 Å². The molecule has 186 valence electrons. The number of methoxy groups -OCH3 is 1. The number of nitrogens with one attached hydrogen (secondary N) is 1. The van der Waals surface area contributed by atoms with E-state index in [9.17, 15) is 13.2 Å². The van der Waals surface area contributed by atoms with E-state index in [1.54, 1.807) is 6.07 Å². The van der Waals surface area contributed by atoms with Crippen molar-refractivity contribution in [3.8, 4) is 5.75 Å². The number of carbonyl (C=O) groups is 1. The molecule has 1 unspecified atom stereocenters. The summed E-state index contributed by atoms with van der Waals surface area (Å²) in [5.41, 5.74) is 2.18. The van der Waals surface area contributed by atoms with E-state index in [2.05, 4.69) is 12.2 Å². The highest BCUT2D eigenvalue weighted by Gasteiger charge is 2.53. The summed E-state index contributed by atoms with van der Waals surface area (Å²) in [6, 6.07) is 12.2. The van der Waals surface area contributed by atoms with Gasteiger partial charge in [0.1, 0.15) is 5.75 Å². The van der Waals surface area contributed by atoms with E-state index in [1.165, 1.54) is 62.1 Å². The number of rotatable bonds is 6. The third kappa shape index (κ3) is 3.74. The molecule has 1 N–H and O–H groups in total. The van der Waals surface area contributed by atoms with Crippen molar-refractivity contribution < 1.29 is 17.9 Å². The van der Waals surface area contributed by atoms with Gasteiger partial charge in [0.05, 0.1) is 23.3 Å². The summed E-state index contributed by atoms with van der Waals surface area (Å²) in [5.74, 6) is 2.52. The Hall–Kier alpha value is -2.54. The molecular formula is C28H34N2O4S. The first-order chi connectivity index (χ1) is 16.8. The number of ether oxygens (including phenoxy) is 1. The molecule has 7 heteroatoms. The van der Waals surface area contributed by atoms with Crippen molar-refractivity contribution in [3.63, 3.8) is 0 Å². The first kappa shape index (κ1) is 22.9. The fraction of sp³-hybridized carbons (Fsp3) is 0.536. The van der Waals surface area contributed by atoms with Crippen molar-refractivity contribution in [3.05, 3.63) is 53.6 Å². The maximum atomic E-state index is 13.6. The van der Waals surface area contributed by atoms with Gasteiger partial charge in [0.2, 0.25) is 0 Å². The first-order valence-corrected chi connectivity index (χ1v) is 14.3. The van der Waals surface area contributed by atoms with Crippen LogP contribution in [0.3, 0.4) is 0 Å². The summed E-state index contributed by atoms with van der Waals surface area (Å²) >= 11 is 0. The quantitative estimate of drug-likeness (QED) is 0.627. The lowest BCUT2D eigenvalue weighted by molar-refractivity contribution is -0.0688. The Bertz CT molecular complexity index is 1240.